The lowest BCUT2D eigenvalue weighted by molar-refractivity contribution is 0.196. The number of hydrogen-bond donors (Lipinski definition) is 0. The molecule has 0 N–H and O–H groups in total. The number of aryl methyl sites for hydroxylation is 2. The van der Waals surface area contributed by atoms with Crippen LogP contribution in [-0.2, 0) is 20.0 Å². The van der Waals surface area contributed by atoms with E-state index in [9.17, 15) is 0 Å². The molecule has 0 amide bonds. The molecule has 0 bridgehead atoms. The Morgan fingerprint density at radius 2 is 2.17 bits per heavy atom. The van der Waals surface area contributed by atoms with E-state index >= 15 is 0 Å². The molecule has 1 aliphatic carbocycles. The maximum Gasteiger partial charge on any atom is 0.0625 e. The molecule has 1 aromatic rings. The van der Waals surface area contributed by atoms with Crippen molar-refractivity contribution in [3.63, 3.8) is 0 Å². The summed E-state index contributed by atoms with van der Waals surface area (Å²) in [7, 11) is 2.04. The summed E-state index contributed by atoms with van der Waals surface area (Å²) < 4.78 is 2.02. The molecular formula is C14H24ClN3. The van der Waals surface area contributed by atoms with E-state index in [-0.39, 0.29) is 0 Å². The zero-order valence-corrected chi connectivity index (χ0v) is 12.3. The Labute approximate surface area is 115 Å². The second-order valence-electron chi connectivity index (χ2n) is 5.20. The first kappa shape index (κ1) is 13.9. The average molecular weight is 270 g/mol. The molecule has 0 radical (unpaired) electrons. The molecule has 102 valence electrons. The summed E-state index contributed by atoms with van der Waals surface area (Å²) in [4.78, 5) is 2.54. The van der Waals surface area contributed by atoms with E-state index < -0.39 is 0 Å². The zero-order valence-electron chi connectivity index (χ0n) is 11.5. The van der Waals surface area contributed by atoms with Crippen LogP contribution >= 0.6 is 11.6 Å². The second kappa shape index (κ2) is 6.58. The van der Waals surface area contributed by atoms with Crippen LogP contribution in [0.3, 0.4) is 0 Å². The maximum atomic E-state index is 5.95. The minimum atomic E-state index is 0.717. The van der Waals surface area contributed by atoms with Gasteiger partial charge in [0.2, 0.25) is 0 Å². The number of hydrogen-bond acceptors (Lipinski definition) is 2. The van der Waals surface area contributed by atoms with E-state index in [1.165, 1.54) is 37.1 Å². The van der Waals surface area contributed by atoms with Crippen LogP contribution in [0.15, 0.2) is 6.07 Å². The first-order chi connectivity index (χ1) is 8.74. The van der Waals surface area contributed by atoms with Crippen molar-refractivity contribution in [2.24, 2.45) is 7.05 Å². The van der Waals surface area contributed by atoms with Crippen LogP contribution in [0.1, 0.15) is 44.0 Å². The van der Waals surface area contributed by atoms with Gasteiger partial charge in [-0.2, -0.15) is 5.10 Å². The van der Waals surface area contributed by atoms with E-state index in [2.05, 4.69) is 23.0 Å². The Morgan fingerprint density at radius 3 is 2.72 bits per heavy atom. The summed E-state index contributed by atoms with van der Waals surface area (Å²) in [5, 5.41) is 4.53. The molecule has 1 heterocycles. The van der Waals surface area contributed by atoms with E-state index in [4.69, 9.17) is 11.6 Å². The smallest absolute Gasteiger partial charge is 0.0625 e. The number of rotatable bonds is 6. The van der Waals surface area contributed by atoms with Gasteiger partial charge in [-0.15, -0.1) is 11.6 Å². The molecule has 0 atom stereocenters. The summed E-state index contributed by atoms with van der Waals surface area (Å²) >= 11 is 5.95. The first-order valence-corrected chi connectivity index (χ1v) is 7.59. The lowest BCUT2D eigenvalue weighted by Crippen LogP contribution is -2.35. The van der Waals surface area contributed by atoms with Crippen molar-refractivity contribution in [3.8, 4) is 0 Å². The SMILES string of the molecule is CCc1cc(CN(CCCl)C2CCCC2)n(C)n1. The second-order valence-corrected chi connectivity index (χ2v) is 5.58. The van der Waals surface area contributed by atoms with E-state index in [0.29, 0.717) is 0 Å². The van der Waals surface area contributed by atoms with Gasteiger partial charge in [-0.3, -0.25) is 9.58 Å². The molecule has 0 spiro atoms. The molecule has 1 fully saturated rings. The quantitative estimate of drug-likeness (QED) is 0.741. The molecule has 4 heteroatoms. The Balaban J connectivity index is 2.04. The fraction of sp³-hybridized carbons (Fsp3) is 0.786. The topological polar surface area (TPSA) is 21.1 Å². The highest BCUT2D eigenvalue weighted by molar-refractivity contribution is 6.18. The minimum absolute atomic E-state index is 0.717. The summed E-state index contributed by atoms with van der Waals surface area (Å²) in [5.74, 6) is 0.717. The van der Waals surface area contributed by atoms with Crippen molar-refractivity contribution in [2.75, 3.05) is 12.4 Å². The highest BCUT2D eigenvalue weighted by atomic mass is 35.5. The lowest BCUT2D eigenvalue weighted by Gasteiger charge is -2.27. The van der Waals surface area contributed by atoms with Crippen molar-refractivity contribution in [3.05, 3.63) is 17.5 Å². The van der Waals surface area contributed by atoms with Crippen molar-refractivity contribution in [1.82, 2.24) is 14.7 Å². The fourth-order valence-corrected chi connectivity index (χ4v) is 3.09. The Morgan fingerprint density at radius 1 is 1.44 bits per heavy atom. The predicted molar refractivity (Wildman–Crippen MR) is 76.0 cm³/mol. The molecule has 0 unspecified atom stereocenters. The van der Waals surface area contributed by atoms with E-state index in [1.807, 2.05) is 11.7 Å². The number of alkyl halides is 1. The van der Waals surface area contributed by atoms with Crippen molar-refractivity contribution in [2.45, 2.75) is 51.6 Å². The number of nitrogens with zero attached hydrogens (tertiary/aromatic N) is 3. The van der Waals surface area contributed by atoms with Crippen LogP contribution in [-0.4, -0.2) is 33.1 Å². The molecule has 1 aromatic heterocycles. The Hall–Kier alpha value is -0.540. The zero-order chi connectivity index (χ0) is 13.0. The third-order valence-corrected chi connectivity index (χ3v) is 4.14. The van der Waals surface area contributed by atoms with Gasteiger partial charge in [0.15, 0.2) is 0 Å². The average Bonchev–Trinajstić information content (AvgIpc) is 2.99. The third-order valence-electron chi connectivity index (χ3n) is 3.97. The standard InChI is InChI=1S/C14H24ClN3/c1-3-12-10-14(17(2)16-12)11-18(9-8-15)13-6-4-5-7-13/h10,13H,3-9,11H2,1-2H3. The molecule has 1 saturated carbocycles. The van der Waals surface area contributed by atoms with Crippen LogP contribution in [0.25, 0.3) is 0 Å². The molecule has 0 aromatic carbocycles. The van der Waals surface area contributed by atoms with Gasteiger partial charge in [-0.1, -0.05) is 19.8 Å². The normalized spacial score (nSPS) is 16.9. The van der Waals surface area contributed by atoms with Crippen molar-refractivity contribution < 1.29 is 0 Å². The lowest BCUT2D eigenvalue weighted by atomic mass is 10.2. The summed E-state index contributed by atoms with van der Waals surface area (Å²) in [6.07, 6.45) is 6.40. The Bertz CT molecular complexity index is 369. The van der Waals surface area contributed by atoms with Crippen LogP contribution in [0.2, 0.25) is 0 Å². The van der Waals surface area contributed by atoms with Crippen LogP contribution in [0.5, 0.6) is 0 Å². The molecule has 18 heavy (non-hydrogen) atoms. The van der Waals surface area contributed by atoms with E-state index in [0.717, 1.165) is 31.4 Å². The van der Waals surface area contributed by atoms with Gasteiger partial charge in [0, 0.05) is 32.1 Å². The molecular weight excluding hydrogens is 246 g/mol. The van der Waals surface area contributed by atoms with Crippen LogP contribution in [0.4, 0.5) is 0 Å². The summed E-state index contributed by atoms with van der Waals surface area (Å²) in [5.41, 5.74) is 2.49. The van der Waals surface area contributed by atoms with Gasteiger partial charge in [-0.05, 0) is 25.3 Å². The molecule has 0 saturated heterocycles. The fourth-order valence-electron chi connectivity index (χ4n) is 2.87. The minimum Gasteiger partial charge on any atom is -0.293 e. The van der Waals surface area contributed by atoms with Gasteiger partial charge in [0.1, 0.15) is 0 Å². The van der Waals surface area contributed by atoms with E-state index in [1.54, 1.807) is 0 Å². The van der Waals surface area contributed by atoms with Gasteiger partial charge in [-0.25, -0.2) is 0 Å². The largest absolute Gasteiger partial charge is 0.293 e. The third kappa shape index (κ3) is 3.27. The van der Waals surface area contributed by atoms with Crippen LogP contribution < -0.4 is 0 Å². The Kier molecular flexibility index (Phi) is 5.07. The highest BCUT2D eigenvalue weighted by Gasteiger charge is 2.23. The molecule has 2 rings (SSSR count). The first-order valence-electron chi connectivity index (χ1n) is 7.06. The van der Waals surface area contributed by atoms with Gasteiger partial charge < -0.3 is 0 Å². The monoisotopic (exact) mass is 269 g/mol. The van der Waals surface area contributed by atoms with Gasteiger partial charge in [0.05, 0.1) is 11.4 Å². The van der Waals surface area contributed by atoms with Crippen molar-refractivity contribution >= 4 is 11.6 Å². The molecule has 1 aliphatic rings. The van der Waals surface area contributed by atoms with Gasteiger partial charge >= 0.3 is 0 Å². The molecule has 3 nitrogen and oxygen atoms in total. The molecule has 0 aliphatic heterocycles. The summed E-state index contributed by atoms with van der Waals surface area (Å²) in [6, 6.07) is 2.96. The number of halogens is 1. The predicted octanol–water partition coefficient (Wildman–Crippen LogP) is 2.97. The van der Waals surface area contributed by atoms with Crippen molar-refractivity contribution in [1.29, 1.82) is 0 Å². The highest BCUT2D eigenvalue weighted by Crippen LogP contribution is 2.25. The summed E-state index contributed by atoms with van der Waals surface area (Å²) in [6.45, 7) is 4.12. The van der Waals surface area contributed by atoms with Gasteiger partial charge in [0.25, 0.3) is 0 Å². The maximum absolute atomic E-state index is 5.95. The van der Waals surface area contributed by atoms with Crippen LogP contribution in [0, 0.1) is 0 Å². The number of aromatic nitrogens is 2.